The zero-order valence-electron chi connectivity index (χ0n) is 11.7. The van der Waals surface area contributed by atoms with E-state index in [1.54, 1.807) is 6.07 Å². The molecule has 0 fully saturated rings. The molecular weight excluding hydrogens is 294 g/mol. The number of thiophene rings is 1. The van der Waals surface area contributed by atoms with Gasteiger partial charge in [-0.15, -0.1) is 11.3 Å². The molecule has 1 rings (SSSR count). The van der Waals surface area contributed by atoms with Gasteiger partial charge in [-0.2, -0.15) is 0 Å². The minimum atomic E-state index is -0.862. The lowest BCUT2D eigenvalue weighted by Crippen LogP contribution is -2.27. The number of aryl methyl sites for hydroxylation is 1. The number of carbonyl (C=O) groups is 1. The van der Waals surface area contributed by atoms with Crippen LogP contribution in [0.5, 0.6) is 0 Å². The van der Waals surface area contributed by atoms with Crippen molar-refractivity contribution in [3.8, 4) is 11.8 Å². The number of amides is 1. The van der Waals surface area contributed by atoms with E-state index in [-0.39, 0.29) is 12.5 Å². The van der Waals surface area contributed by atoms with E-state index in [0.717, 1.165) is 10.4 Å². The van der Waals surface area contributed by atoms with Crippen molar-refractivity contribution in [2.24, 2.45) is 0 Å². The highest BCUT2D eigenvalue weighted by molar-refractivity contribution is 7.84. The van der Waals surface area contributed by atoms with Gasteiger partial charge in [0.25, 0.3) is 5.91 Å². The van der Waals surface area contributed by atoms with Crippen LogP contribution in [-0.4, -0.2) is 39.9 Å². The first kappa shape index (κ1) is 16.9. The molecule has 1 atom stereocenters. The number of carbonyl (C=O) groups excluding carboxylic acids is 1. The second-order valence-corrected chi connectivity index (χ2v) is 7.00. The molecule has 0 aliphatic rings. The highest BCUT2D eigenvalue weighted by atomic mass is 32.2. The van der Waals surface area contributed by atoms with Gasteiger partial charge in [0.05, 0.1) is 16.4 Å². The van der Waals surface area contributed by atoms with Gasteiger partial charge in [-0.25, -0.2) is 0 Å². The summed E-state index contributed by atoms with van der Waals surface area (Å²) >= 11 is 1.34. The van der Waals surface area contributed by atoms with Crippen molar-refractivity contribution < 1.29 is 14.1 Å². The summed E-state index contributed by atoms with van der Waals surface area (Å²) in [7, 11) is -0.862. The highest BCUT2D eigenvalue weighted by Crippen LogP contribution is 2.20. The summed E-state index contributed by atoms with van der Waals surface area (Å²) in [6.07, 6.45) is 0.432. The van der Waals surface area contributed by atoms with Crippen LogP contribution in [0.25, 0.3) is 0 Å². The van der Waals surface area contributed by atoms with Crippen LogP contribution in [0.3, 0.4) is 0 Å². The monoisotopic (exact) mass is 313 g/mol. The molecule has 1 unspecified atom stereocenters. The van der Waals surface area contributed by atoms with Crippen molar-refractivity contribution in [3.05, 3.63) is 21.4 Å². The van der Waals surface area contributed by atoms with Crippen molar-refractivity contribution in [3.63, 3.8) is 0 Å². The van der Waals surface area contributed by atoms with Crippen LogP contribution >= 0.6 is 11.3 Å². The van der Waals surface area contributed by atoms with E-state index in [0.29, 0.717) is 29.3 Å². The highest BCUT2D eigenvalue weighted by Gasteiger charge is 2.11. The summed E-state index contributed by atoms with van der Waals surface area (Å²) in [5.74, 6) is 6.74. The van der Waals surface area contributed by atoms with E-state index < -0.39 is 10.8 Å². The average Bonchev–Trinajstić information content (AvgIpc) is 2.80. The normalized spacial score (nSPS) is 11.6. The Labute approximate surface area is 126 Å². The quantitative estimate of drug-likeness (QED) is 0.778. The molecule has 0 saturated heterocycles. The van der Waals surface area contributed by atoms with Crippen LogP contribution in [0, 0.1) is 18.8 Å². The van der Waals surface area contributed by atoms with E-state index in [2.05, 4.69) is 17.2 Å². The molecule has 0 spiro atoms. The molecule has 0 aliphatic heterocycles. The van der Waals surface area contributed by atoms with Crippen molar-refractivity contribution in [2.75, 3.05) is 24.7 Å². The molecular formula is C14H19NO3S2. The van der Waals surface area contributed by atoms with Crippen LogP contribution in [0.15, 0.2) is 6.07 Å². The number of hydrogen-bond donors (Lipinski definition) is 2. The molecule has 0 saturated carbocycles. The molecule has 6 heteroatoms. The second-order valence-electron chi connectivity index (χ2n) is 4.09. The molecule has 110 valence electrons. The number of aliphatic hydroxyl groups excluding tert-OH is 1. The van der Waals surface area contributed by atoms with Gasteiger partial charge >= 0.3 is 0 Å². The topological polar surface area (TPSA) is 66.4 Å². The average molecular weight is 313 g/mol. The zero-order valence-corrected chi connectivity index (χ0v) is 13.3. The van der Waals surface area contributed by atoms with Crippen LogP contribution in [0.1, 0.15) is 33.5 Å². The standard InChI is InChI=1S/C14H19NO3S2/c1-3-20(18)9-7-15-14(17)13-10-11(2)12(19-13)6-4-5-8-16/h10,16H,3,5,7-9H2,1-2H3,(H,15,17). The predicted molar refractivity (Wildman–Crippen MR) is 83.5 cm³/mol. The van der Waals surface area contributed by atoms with Crippen molar-refractivity contribution >= 4 is 28.0 Å². The van der Waals surface area contributed by atoms with Crippen molar-refractivity contribution in [1.29, 1.82) is 0 Å². The first-order chi connectivity index (χ1) is 9.58. The Morgan fingerprint density at radius 2 is 2.30 bits per heavy atom. The molecule has 1 amide bonds. The van der Waals surface area contributed by atoms with Crippen LogP contribution in [-0.2, 0) is 10.8 Å². The third-order valence-electron chi connectivity index (χ3n) is 2.52. The van der Waals surface area contributed by atoms with Gasteiger partial charge in [-0.05, 0) is 18.6 Å². The van der Waals surface area contributed by atoms with Gasteiger partial charge in [0.1, 0.15) is 0 Å². The smallest absolute Gasteiger partial charge is 0.261 e. The first-order valence-electron chi connectivity index (χ1n) is 6.41. The molecule has 20 heavy (non-hydrogen) atoms. The molecule has 0 aliphatic carbocycles. The Morgan fingerprint density at radius 1 is 1.55 bits per heavy atom. The predicted octanol–water partition coefficient (Wildman–Crippen LogP) is 1.29. The van der Waals surface area contributed by atoms with Gasteiger partial charge in [0.15, 0.2) is 0 Å². The van der Waals surface area contributed by atoms with Gasteiger partial charge in [-0.3, -0.25) is 9.00 Å². The largest absolute Gasteiger partial charge is 0.395 e. The van der Waals surface area contributed by atoms with E-state index in [9.17, 15) is 9.00 Å². The number of rotatable bonds is 6. The maximum Gasteiger partial charge on any atom is 0.261 e. The molecule has 2 N–H and O–H groups in total. The third-order valence-corrected chi connectivity index (χ3v) is 4.97. The molecule has 0 aromatic carbocycles. The fourth-order valence-corrected chi connectivity index (χ4v) is 3.01. The summed E-state index contributed by atoms with van der Waals surface area (Å²) in [5.41, 5.74) is 0.961. The molecule has 4 nitrogen and oxygen atoms in total. The first-order valence-corrected chi connectivity index (χ1v) is 8.72. The Bertz CT molecular complexity index is 540. The minimum absolute atomic E-state index is 0.0410. The number of nitrogens with one attached hydrogen (secondary N) is 1. The molecule has 1 heterocycles. The van der Waals surface area contributed by atoms with Crippen LogP contribution in [0.4, 0.5) is 0 Å². The molecule has 1 aromatic rings. The van der Waals surface area contributed by atoms with Crippen LogP contribution < -0.4 is 5.32 Å². The third kappa shape index (κ3) is 5.45. The fourth-order valence-electron chi connectivity index (χ4n) is 1.43. The lowest BCUT2D eigenvalue weighted by atomic mass is 10.2. The van der Waals surface area contributed by atoms with E-state index in [4.69, 9.17) is 5.11 Å². The molecule has 0 bridgehead atoms. The van der Waals surface area contributed by atoms with Crippen molar-refractivity contribution in [2.45, 2.75) is 20.3 Å². The van der Waals surface area contributed by atoms with Crippen LogP contribution in [0.2, 0.25) is 0 Å². The number of hydrogen-bond acceptors (Lipinski definition) is 4. The zero-order chi connectivity index (χ0) is 15.0. The Hall–Kier alpha value is -1.16. The van der Waals surface area contributed by atoms with Gasteiger partial charge in [0, 0.05) is 35.3 Å². The number of aliphatic hydroxyl groups is 1. The fraction of sp³-hybridized carbons (Fsp3) is 0.500. The van der Waals surface area contributed by atoms with Gasteiger partial charge < -0.3 is 10.4 Å². The maximum atomic E-state index is 11.9. The van der Waals surface area contributed by atoms with E-state index >= 15 is 0 Å². The van der Waals surface area contributed by atoms with Gasteiger partial charge in [-0.1, -0.05) is 18.8 Å². The summed E-state index contributed by atoms with van der Waals surface area (Å²) in [6, 6.07) is 1.81. The Morgan fingerprint density at radius 3 is 2.95 bits per heavy atom. The van der Waals surface area contributed by atoms with Crippen molar-refractivity contribution in [1.82, 2.24) is 5.32 Å². The summed E-state index contributed by atoms with van der Waals surface area (Å²) in [6.45, 7) is 4.22. The summed E-state index contributed by atoms with van der Waals surface area (Å²) < 4.78 is 11.3. The Balaban J connectivity index is 2.59. The Kier molecular flexibility index (Phi) is 7.52. The minimum Gasteiger partial charge on any atom is -0.395 e. The lowest BCUT2D eigenvalue weighted by molar-refractivity contribution is 0.0960. The maximum absolute atomic E-state index is 11.9. The molecule has 0 radical (unpaired) electrons. The van der Waals surface area contributed by atoms with Gasteiger partial charge in [0.2, 0.25) is 0 Å². The van der Waals surface area contributed by atoms with E-state index in [1.807, 2.05) is 13.8 Å². The molecule has 1 aromatic heterocycles. The van der Waals surface area contributed by atoms with E-state index in [1.165, 1.54) is 11.3 Å². The lowest BCUT2D eigenvalue weighted by Gasteiger charge is -2.02. The SMILES string of the molecule is CCS(=O)CCNC(=O)c1cc(C)c(C#CCCO)s1. The summed E-state index contributed by atoms with van der Waals surface area (Å²) in [4.78, 5) is 13.4. The second kappa shape index (κ2) is 8.90. The summed E-state index contributed by atoms with van der Waals surface area (Å²) in [5, 5.41) is 11.4.